The van der Waals surface area contributed by atoms with E-state index < -0.39 is 0 Å². The van der Waals surface area contributed by atoms with Gasteiger partial charge in [0, 0.05) is 28.8 Å². The lowest BCUT2D eigenvalue weighted by Gasteiger charge is -2.09. The summed E-state index contributed by atoms with van der Waals surface area (Å²) in [6.07, 6.45) is 0.983. The molecule has 1 aliphatic carbocycles. The number of hydrogen-bond acceptors (Lipinski definition) is 4. The summed E-state index contributed by atoms with van der Waals surface area (Å²) in [6.45, 7) is 0. The minimum atomic E-state index is -0.0578. The van der Waals surface area contributed by atoms with Gasteiger partial charge >= 0.3 is 0 Å². The first-order valence-electron chi connectivity index (χ1n) is 10.4. The molecule has 1 saturated carbocycles. The lowest BCUT2D eigenvalue weighted by molar-refractivity contribution is 0.0950. The molecular weight excluding hydrogens is 384 g/mol. The molecule has 1 aromatic heterocycles. The summed E-state index contributed by atoms with van der Waals surface area (Å²) < 4.78 is 0. The Kier molecular flexibility index (Phi) is 5.15. The van der Waals surface area contributed by atoms with Crippen molar-refractivity contribution in [3.8, 4) is 11.3 Å². The maximum atomic E-state index is 12.7. The summed E-state index contributed by atoms with van der Waals surface area (Å²) in [5.41, 5.74) is 4.54. The number of hydrogen-bond donors (Lipinski definition) is 2. The van der Waals surface area contributed by atoms with Crippen molar-refractivity contribution < 1.29 is 4.79 Å². The molecular formula is C26H22N4O. The van der Waals surface area contributed by atoms with Crippen LogP contribution in [0.5, 0.6) is 0 Å². The van der Waals surface area contributed by atoms with Gasteiger partial charge in [0.1, 0.15) is 0 Å². The quantitative estimate of drug-likeness (QED) is 0.463. The van der Waals surface area contributed by atoms with Crippen molar-refractivity contribution in [1.82, 2.24) is 15.5 Å². The summed E-state index contributed by atoms with van der Waals surface area (Å²) in [6, 6.07) is 31.7. The highest BCUT2D eigenvalue weighted by atomic mass is 16.1. The van der Waals surface area contributed by atoms with Crippen LogP contribution in [-0.4, -0.2) is 22.1 Å². The molecule has 3 aromatic carbocycles. The van der Waals surface area contributed by atoms with Gasteiger partial charge in [-0.3, -0.25) is 4.79 Å². The number of nitrogens with zero attached hydrogens (tertiary/aromatic N) is 2. The number of anilines is 2. The topological polar surface area (TPSA) is 66.9 Å². The van der Waals surface area contributed by atoms with Crippen LogP contribution in [-0.2, 0) is 0 Å². The van der Waals surface area contributed by atoms with Gasteiger partial charge < -0.3 is 10.6 Å². The summed E-state index contributed by atoms with van der Waals surface area (Å²) >= 11 is 0. The first-order chi connectivity index (χ1) is 15.3. The SMILES string of the molecule is O=C(NC1CC1c1ccccc1)c1cccc(Nc2ccc(-c3ccccc3)nn2)c1. The number of nitrogens with one attached hydrogen (secondary N) is 2. The number of carbonyl (C=O) groups is 1. The molecule has 0 saturated heterocycles. The van der Waals surface area contributed by atoms with Gasteiger partial charge in [0.15, 0.2) is 5.82 Å². The van der Waals surface area contributed by atoms with Crippen LogP contribution in [0.4, 0.5) is 11.5 Å². The molecule has 152 valence electrons. The van der Waals surface area contributed by atoms with E-state index >= 15 is 0 Å². The van der Waals surface area contributed by atoms with Gasteiger partial charge in [-0.1, -0.05) is 66.7 Å². The summed E-state index contributed by atoms with van der Waals surface area (Å²) in [5, 5.41) is 14.9. The third-order valence-corrected chi connectivity index (χ3v) is 5.47. The molecule has 4 aromatic rings. The molecule has 2 unspecified atom stereocenters. The van der Waals surface area contributed by atoms with Crippen LogP contribution < -0.4 is 10.6 Å². The Labute approximate surface area is 181 Å². The van der Waals surface area contributed by atoms with Gasteiger partial charge in [0.05, 0.1) is 5.69 Å². The van der Waals surface area contributed by atoms with E-state index in [1.54, 1.807) is 0 Å². The van der Waals surface area contributed by atoms with Crippen molar-refractivity contribution in [3.63, 3.8) is 0 Å². The first-order valence-corrected chi connectivity index (χ1v) is 10.4. The van der Waals surface area contributed by atoms with Crippen molar-refractivity contribution in [2.45, 2.75) is 18.4 Å². The molecule has 0 spiro atoms. The van der Waals surface area contributed by atoms with Crippen molar-refractivity contribution in [2.75, 3.05) is 5.32 Å². The summed E-state index contributed by atoms with van der Waals surface area (Å²) in [4.78, 5) is 12.7. The van der Waals surface area contributed by atoms with Gasteiger partial charge in [0.2, 0.25) is 0 Å². The van der Waals surface area contributed by atoms with E-state index in [-0.39, 0.29) is 11.9 Å². The first kappa shape index (κ1) is 19.0. The van der Waals surface area contributed by atoms with E-state index in [1.165, 1.54) is 5.56 Å². The smallest absolute Gasteiger partial charge is 0.251 e. The second-order valence-corrected chi connectivity index (χ2v) is 7.71. The van der Waals surface area contributed by atoms with E-state index in [0.717, 1.165) is 23.4 Å². The molecule has 0 bridgehead atoms. The minimum Gasteiger partial charge on any atom is -0.349 e. The third-order valence-electron chi connectivity index (χ3n) is 5.47. The molecule has 1 aliphatic rings. The zero-order valence-corrected chi connectivity index (χ0v) is 16.9. The maximum absolute atomic E-state index is 12.7. The monoisotopic (exact) mass is 406 g/mol. The predicted octanol–water partition coefficient (Wildman–Crippen LogP) is 5.17. The fourth-order valence-electron chi connectivity index (χ4n) is 3.72. The molecule has 2 atom stereocenters. The third kappa shape index (κ3) is 4.46. The van der Waals surface area contributed by atoms with Crippen LogP contribution in [0.2, 0.25) is 0 Å². The highest BCUT2D eigenvalue weighted by Crippen LogP contribution is 2.40. The van der Waals surface area contributed by atoms with Crippen molar-refractivity contribution in [3.05, 3.63) is 108 Å². The van der Waals surface area contributed by atoms with Gasteiger partial charge in [0.25, 0.3) is 5.91 Å². The van der Waals surface area contributed by atoms with E-state index in [4.69, 9.17) is 0 Å². The van der Waals surface area contributed by atoms with Crippen LogP contribution in [0.1, 0.15) is 28.3 Å². The zero-order valence-electron chi connectivity index (χ0n) is 16.9. The zero-order chi connectivity index (χ0) is 21.0. The molecule has 1 amide bonds. The minimum absolute atomic E-state index is 0.0578. The standard InChI is InChI=1S/C26H22N4O/c31-26(28-24-17-22(24)18-8-3-1-4-9-18)20-12-7-13-21(16-20)27-25-15-14-23(29-30-25)19-10-5-2-6-11-19/h1-16,22,24H,17H2,(H,27,30)(H,28,31). The molecule has 5 rings (SSSR count). The van der Waals surface area contributed by atoms with Gasteiger partial charge in [-0.05, 0) is 42.3 Å². The number of amides is 1. The highest BCUT2D eigenvalue weighted by Gasteiger charge is 2.39. The average molecular weight is 406 g/mol. The van der Waals surface area contributed by atoms with Crippen molar-refractivity contribution >= 4 is 17.4 Å². The van der Waals surface area contributed by atoms with E-state index in [1.807, 2.05) is 84.9 Å². The fourth-order valence-corrected chi connectivity index (χ4v) is 3.72. The van der Waals surface area contributed by atoms with Crippen LogP contribution in [0.25, 0.3) is 11.3 Å². The molecule has 0 radical (unpaired) electrons. The predicted molar refractivity (Wildman–Crippen MR) is 122 cm³/mol. The molecule has 0 aliphatic heterocycles. The van der Waals surface area contributed by atoms with Crippen LogP contribution in [0, 0.1) is 0 Å². The van der Waals surface area contributed by atoms with Gasteiger partial charge in [-0.2, -0.15) is 0 Å². The Hall–Kier alpha value is -3.99. The molecule has 1 heterocycles. The Bertz CT molecular complexity index is 1180. The normalized spacial score (nSPS) is 17.0. The Morgan fingerprint density at radius 3 is 2.32 bits per heavy atom. The van der Waals surface area contributed by atoms with Crippen LogP contribution >= 0.6 is 0 Å². The molecule has 5 heteroatoms. The molecule has 1 fully saturated rings. The second kappa shape index (κ2) is 8.40. The maximum Gasteiger partial charge on any atom is 0.251 e. The summed E-state index contributed by atoms with van der Waals surface area (Å²) in [5.74, 6) is 0.978. The van der Waals surface area contributed by atoms with E-state index in [2.05, 4.69) is 33.0 Å². The van der Waals surface area contributed by atoms with E-state index in [9.17, 15) is 4.79 Å². The van der Waals surface area contributed by atoms with E-state index in [0.29, 0.717) is 17.3 Å². The van der Waals surface area contributed by atoms with Gasteiger partial charge in [-0.15, -0.1) is 10.2 Å². The Morgan fingerprint density at radius 1 is 0.806 bits per heavy atom. The Balaban J connectivity index is 1.23. The molecule has 2 N–H and O–H groups in total. The number of rotatable bonds is 6. The number of carbonyl (C=O) groups excluding carboxylic acids is 1. The lowest BCUT2D eigenvalue weighted by atomic mass is 10.1. The van der Waals surface area contributed by atoms with Gasteiger partial charge in [-0.25, -0.2) is 0 Å². The summed E-state index contributed by atoms with van der Waals surface area (Å²) in [7, 11) is 0. The molecule has 5 nitrogen and oxygen atoms in total. The average Bonchev–Trinajstić information content (AvgIpc) is 3.60. The highest BCUT2D eigenvalue weighted by molar-refractivity contribution is 5.95. The van der Waals surface area contributed by atoms with Crippen molar-refractivity contribution in [2.24, 2.45) is 0 Å². The largest absolute Gasteiger partial charge is 0.349 e. The van der Waals surface area contributed by atoms with Crippen molar-refractivity contribution in [1.29, 1.82) is 0 Å². The second-order valence-electron chi connectivity index (χ2n) is 7.71. The van der Waals surface area contributed by atoms with Crippen LogP contribution in [0.3, 0.4) is 0 Å². The fraction of sp³-hybridized carbons (Fsp3) is 0.115. The molecule has 31 heavy (non-hydrogen) atoms. The number of aromatic nitrogens is 2. The lowest BCUT2D eigenvalue weighted by Crippen LogP contribution is -2.26. The number of benzene rings is 3. The van der Waals surface area contributed by atoms with Crippen LogP contribution in [0.15, 0.2) is 97.1 Å². The Morgan fingerprint density at radius 2 is 1.58 bits per heavy atom.